The topological polar surface area (TPSA) is 52.6 Å². The lowest BCUT2D eigenvalue weighted by molar-refractivity contribution is -0.794. The quantitative estimate of drug-likeness (QED) is 0.551. The van der Waals surface area contributed by atoms with Crippen LogP contribution in [0.15, 0.2) is 24.3 Å². The first-order chi connectivity index (χ1) is 11.6. The van der Waals surface area contributed by atoms with E-state index in [0.717, 1.165) is 0 Å². The lowest BCUT2D eigenvalue weighted by Gasteiger charge is -2.33. The minimum Gasteiger partial charge on any atom is -0.481 e. The van der Waals surface area contributed by atoms with Gasteiger partial charge in [-0.25, -0.2) is 9.18 Å². The Morgan fingerprint density at radius 3 is 2.52 bits per heavy atom. The highest BCUT2D eigenvalue weighted by Crippen LogP contribution is 2.33. The number of ether oxygens (including phenoxy) is 2. The van der Waals surface area contributed by atoms with E-state index in [4.69, 9.17) is 9.47 Å². The number of alkyl halides is 1. The molecule has 0 bridgehead atoms. The fourth-order valence-electron chi connectivity index (χ4n) is 3.10. The third-order valence-electron chi connectivity index (χ3n) is 4.26. The summed E-state index contributed by atoms with van der Waals surface area (Å²) in [6, 6.07) is 5.78. The first kappa shape index (κ1) is 19.8. The number of amides is 2. The Bertz CT molecular complexity index is 661. The second-order valence-electron chi connectivity index (χ2n) is 7.31. The first-order valence-electron chi connectivity index (χ1n) is 8.22. The van der Waals surface area contributed by atoms with Crippen molar-refractivity contribution >= 4 is 27.9 Å². The second kappa shape index (κ2) is 7.41. The molecule has 3 atom stereocenters. The Labute approximate surface area is 155 Å². The maximum absolute atomic E-state index is 13.8. The van der Waals surface area contributed by atoms with E-state index in [1.165, 1.54) is 12.1 Å². The van der Waals surface area contributed by atoms with Gasteiger partial charge in [0.05, 0.1) is 0 Å². The molecule has 25 heavy (non-hydrogen) atoms. The van der Waals surface area contributed by atoms with Crippen LogP contribution in [0.2, 0.25) is 0 Å². The van der Waals surface area contributed by atoms with E-state index in [1.807, 2.05) is 6.92 Å². The summed E-state index contributed by atoms with van der Waals surface area (Å²) in [5.74, 6) is -0.638. The summed E-state index contributed by atoms with van der Waals surface area (Å²) >= 11 is 3.16. The van der Waals surface area contributed by atoms with Crippen LogP contribution < -0.4 is 4.74 Å². The van der Waals surface area contributed by atoms with Crippen LogP contribution in [0.4, 0.5) is 9.18 Å². The van der Waals surface area contributed by atoms with E-state index < -0.39 is 28.1 Å². The summed E-state index contributed by atoms with van der Waals surface area (Å²) in [6.45, 7) is 7.21. The summed E-state index contributed by atoms with van der Waals surface area (Å²) in [4.78, 5) is 25.5. The molecule has 1 saturated heterocycles. The highest BCUT2D eigenvalue weighted by atomic mass is 79.9. The number of carbonyl (C=O) groups excluding carboxylic acids is 2. The molecule has 2 rings (SSSR count). The molecule has 0 N–H and O–H groups in total. The van der Waals surface area contributed by atoms with Gasteiger partial charge in [0.2, 0.25) is 0 Å². The van der Waals surface area contributed by atoms with Gasteiger partial charge in [0, 0.05) is 6.42 Å². The number of likely N-dealkylation sites (tertiary alicyclic amines) is 1. The van der Waals surface area contributed by atoms with Gasteiger partial charge in [0.1, 0.15) is 23.5 Å². The molecule has 1 aliphatic heterocycles. The number of hydrogen-bond donors (Lipinski definition) is 0. The van der Waals surface area contributed by atoms with Crippen LogP contribution in [0.1, 0.15) is 34.1 Å². The average Bonchev–Trinajstić information content (AvgIpc) is 2.84. The summed E-state index contributed by atoms with van der Waals surface area (Å²) < 4.78 is 24.6. The maximum Gasteiger partial charge on any atom is 0.524 e. The summed E-state index contributed by atoms with van der Waals surface area (Å²) in [7, 11) is 0. The zero-order valence-electron chi connectivity index (χ0n) is 14.9. The highest BCUT2D eigenvalue weighted by Gasteiger charge is 2.58. The molecule has 138 valence electrons. The number of rotatable bonds is 3. The molecule has 0 radical (unpaired) electrons. The van der Waals surface area contributed by atoms with Crippen molar-refractivity contribution in [3.63, 3.8) is 0 Å². The molecule has 0 spiro atoms. The van der Waals surface area contributed by atoms with Crippen LogP contribution in [-0.2, 0) is 9.53 Å². The average molecular weight is 417 g/mol. The summed E-state index contributed by atoms with van der Waals surface area (Å²) in [6.07, 6.45) is -0.599. The number of imide groups is 1. The van der Waals surface area contributed by atoms with E-state index in [1.54, 1.807) is 32.9 Å². The molecule has 1 aromatic carbocycles. The van der Waals surface area contributed by atoms with Crippen molar-refractivity contribution in [3.8, 4) is 5.75 Å². The highest BCUT2D eigenvalue weighted by molar-refractivity contribution is 9.09. The number of benzene rings is 1. The minimum absolute atomic E-state index is 0.0308. The van der Waals surface area contributed by atoms with Gasteiger partial charge in [-0.15, -0.1) is 0 Å². The Morgan fingerprint density at radius 2 is 1.96 bits per heavy atom. The van der Waals surface area contributed by atoms with Crippen molar-refractivity contribution in [1.29, 1.82) is 0 Å². The normalized spacial score (nSPS) is 26.3. The van der Waals surface area contributed by atoms with Crippen LogP contribution in [0, 0.1) is 5.82 Å². The van der Waals surface area contributed by atoms with Gasteiger partial charge in [-0.05, 0) is 39.8 Å². The predicted octanol–water partition coefficient (Wildman–Crippen LogP) is 4.04. The number of quaternary nitrogens is 1. The molecule has 1 heterocycles. The zero-order chi connectivity index (χ0) is 18.8. The Balaban J connectivity index is 2.27. The lowest BCUT2D eigenvalue weighted by Crippen LogP contribution is -2.61. The number of nitrogens with zero attached hydrogens (tertiary/aromatic N) is 1. The summed E-state index contributed by atoms with van der Waals surface area (Å²) in [5.41, 5.74) is -0.709. The van der Waals surface area contributed by atoms with E-state index in [2.05, 4.69) is 15.9 Å². The van der Waals surface area contributed by atoms with Crippen LogP contribution in [0.3, 0.4) is 0 Å². The third kappa shape index (κ3) is 4.20. The van der Waals surface area contributed by atoms with Gasteiger partial charge < -0.3 is 9.47 Å². The van der Waals surface area contributed by atoms with E-state index >= 15 is 0 Å². The van der Waals surface area contributed by atoms with Crippen LogP contribution >= 0.6 is 15.9 Å². The molecular weight excluding hydrogens is 393 g/mol. The number of para-hydroxylation sites is 1. The molecule has 7 heteroatoms. The molecule has 1 fully saturated rings. The van der Waals surface area contributed by atoms with Crippen LogP contribution in [0.5, 0.6) is 5.75 Å². The monoisotopic (exact) mass is 416 g/mol. The largest absolute Gasteiger partial charge is 0.524 e. The molecule has 2 unspecified atom stereocenters. The Hall–Kier alpha value is -1.47. The van der Waals surface area contributed by atoms with E-state index in [0.29, 0.717) is 6.42 Å². The minimum atomic E-state index is -0.709. The molecule has 0 saturated carbocycles. The number of carbonyl (C=O) groups is 2. The van der Waals surface area contributed by atoms with Gasteiger partial charge in [0.25, 0.3) is 0 Å². The fraction of sp³-hybridized carbons (Fsp3) is 0.556. The standard InChI is InChI=1S/C18H24BrFNO4/c1-12-9-13(24-15-8-6-5-7-14(15)20)11-21(12,16(22)10-19)17(23)25-18(2,3)4/h5-8,12-13H,9-11H2,1-4H3/q+1/t12?,13-,21?/m0/s1. The second-order valence-corrected chi connectivity index (χ2v) is 7.87. The summed E-state index contributed by atoms with van der Waals surface area (Å²) in [5, 5.41) is 0.0308. The van der Waals surface area contributed by atoms with Gasteiger partial charge >= 0.3 is 12.0 Å². The number of hydrogen-bond acceptors (Lipinski definition) is 4. The van der Waals surface area contributed by atoms with Gasteiger partial charge in [-0.3, -0.25) is 0 Å². The van der Waals surface area contributed by atoms with Gasteiger partial charge in [-0.1, -0.05) is 28.1 Å². The molecule has 5 nitrogen and oxygen atoms in total. The van der Waals surface area contributed by atoms with Crippen molar-refractivity contribution in [2.75, 3.05) is 11.9 Å². The molecule has 0 aliphatic carbocycles. The first-order valence-corrected chi connectivity index (χ1v) is 9.34. The van der Waals surface area contributed by atoms with Gasteiger partial charge in [0.15, 0.2) is 17.7 Å². The van der Waals surface area contributed by atoms with Gasteiger partial charge in [-0.2, -0.15) is 9.28 Å². The molecule has 2 amide bonds. The van der Waals surface area contributed by atoms with Crippen LogP contribution in [-0.4, -0.2) is 46.1 Å². The predicted molar refractivity (Wildman–Crippen MR) is 95.1 cm³/mol. The Morgan fingerprint density at radius 1 is 1.32 bits per heavy atom. The van der Waals surface area contributed by atoms with Crippen molar-refractivity contribution < 1.29 is 27.9 Å². The smallest absolute Gasteiger partial charge is 0.481 e. The molecular formula is C18H24BrFNO4+. The lowest BCUT2D eigenvalue weighted by atomic mass is 10.2. The van der Waals surface area contributed by atoms with Crippen LogP contribution in [0.25, 0.3) is 0 Å². The van der Waals surface area contributed by atoms with Crippen molar-refractivity contribution in [2.24, 2.45) is 0 Å². The van der Waals surface area contributed by atoms with Crippen molar-refractivity contribution in [3.05, 3.63) is 30.1 Å². The fourth-order valence-corrected chi connectivity index (χ4v) is 3.54. The number of halogens is 2. The Kier molecular flexibility index (Phi) is 5.89. The molecule has 0 aromatic heterocycles. The SMILES string of the molecule is CC1C[C@H](Oc2ccccc2F)C[N+]1(C(=O)CBr)C(=O)OC(C)(C)C. The third-order valence-corrected chi connectivity index (χ3v) is 4.74. The molecule has 1 aliphatic rings. The van der Waals surface area contributed by atoms with Crippen molar-refractivity contribution in [1.82, 2.24) is 0 Å². The maximum atomic E-state index is 13.8. The van der Waals surface area contributed by atoms with Crippen molar-refractivity contribution in [2.45, 2.75) is 51.9 Å². The zero-order valence-corrected chi connectivity index (χ0v) is 16.5. The van der Waals surface area contributed by atoms with E-state index in [-0.39, 0.29) is 29.6 Å². The van der Waals surface area contributed by atoms with E-state index in [9.17, 15) is 14.0 Å². The molecule has 1 aromatic rings.